The van der Waals surface area contributed by atoms with E-state index in [2.05, 4.69) is 10.3 Å². The Bertz CT molecular complexity index is 807. The number of benzene rings is 2. The van der Waals surface area contributed by atoms with Gasteiger partial charge in [-0.2, -0.15) is 0 Å². The summed E-state index contributed by atoms with van der Waals surface area (Å²) in [5, 5.41) is 2.91. The van der Waals surface area contributed by atoms with Gasteiger partial charge in [0.25, 0.3) is 5.91 Å². The van der Waals surface area contributed by atoms with Crippen molar-refractivity contribution in [1.82, 2.24) is 4.98 Å². The van der Waals surface area contributed by atoms with Crippen molar-refractivity contribution in [2.24, 2.45) is 0 Å². The van der Waals surface area contributed by atoms with Crippen LogP contribution in [0.5, 0.6) is 0 Å². The Hall–Kier alpha value is -2.88. The fourth-order valence-corrected chi connectivity index (χ4v) is 2.38. The van der Waals surface area contributed by atoms with Gasteiger partial charge in [-0.1, -0.05) is 48.5 Å². The normalized spacial score (nSPS) is 10.5. The van der Waals surface area contributed by atoms with Crippen LogP contribution in [-0.4, -0.2) is 10.9 Å². The molecule has 0 unspecified atom stereocenters. The molecule has 22 heavy (non-hydrogen) atoms. The van der Waals surface area contributed by atoms with E-state index in [4.69, 9.17) is 4.42 Å². The topological polar surface area (TPSA) is 55.1 Å². The number of nitrogens with one attached hydrogen (secondary N) is 1. The highest BCUT2D eigenvalue weighted by Crippen LogP contribution is 2.28. The Labute approximate surface area is 128 Å². The van der Waals surface area contributed by atoms with Crippen LogP contribution in [0.4, 0.5) is 5.69 Å². The average Bonchev–Trinajstić information content (AvgIpc) is 2.87. The molecule has 0 spiro atoms. The van der Waals surface area contributed by atoms with Crippen molar-refractivity contribution in [1.29, 1.82) is 0 Å². The minimum absolute atomic E-state index is 0.250. The maximum Gasteiger partial charge on any atom is 0.293 e. The van der Waals surface area contributed by atoms with Gasteiger partial charge in [-0.3, -0.25) is 4.79 Å². The minimum Gasteiger partial charge on any atom is -0.436 e. The first kappa shape index (κ1) is 14.1. The Morgan fingerprint density at radius 2 is 1.68 bits per heavy atom. The van der Waals surface area contributed by atoms with Crippen molar-refractivity contribution in [2.45, 2.75) is 13.8 Å². The van der Waals surface area contributed by atoms with E-state index in [1.165, 1.54) is 0 Å². The molecule has 1 amide bonds. The molecule has 110 valence electrons. The minimum atomic E-state index is -0.290. The van der Waals surface area contributed by atoms with Gasteiger partial charge >= 0.3 is 0 Å². The van der Waals surface area contributed by atoms with Crippen LogP contribution in [0.25, 0.3) is 11.1 Å². The van der Waals surface area contributed by atoms with Crippen LogP contribution in [0.2, 0.25) is 0 Å². The molecule has 1 heterocycles. The van der Waals surface area contributed by atoms with Crippen LogP contribution in [0, 0.1) is 13.8 Å². The molecule has 0 aliphatic rings. The standard InChI is InChI=1S/C18H16N2O2/c1-12-17(22-13(2)19-12)18(21)20-16-11-7-6-10-15(16)14-8-4-3-5-9-14/h3-11H,1-2H3,(H,20,21). The lowest BCUT2D eigenvalue weighted by atomic mass is 10.0. The second-order valence-corrected chi connectivity index (χ2v) is 5.01. The van der Waals surface area contributed by atoms with E-state index < -0.39 is 0 Å². The van der Waals surface area contributed by atoms with E-state index in [0.717, 1.165) is 16.8 Å². The predicted molar refractivity (Wildman–Crippen MR) is 85.8 cm³/mol. The Morgan fingerprint density at radius 1 is 1.00 bits per heavy atom. The largest absolute Gasteiger partial charge is 0.436 e. The summed E-state index contributed by atoms with van der Waals surface area (Å²) in [7, 11) is 0. The van der Waals surface area contributed by atoms with Gasteiger partial charge in [0, 0.05) is 18.2 Å². The van der Waals surface area contributed by atoms with Crippen LogP contribution in [-0.2, 0) is 0 Å². The number of carbonyl (C=O) groups excluding carboxylic acids is 1. The van der Waals surface area contributed by atoms with Crippen molar-refractivity contribution in [3.63, 3.8) is 0 Å². The Kier molecular flexibility index (Phi) is 3.74. The molecule has 0 saturated heterocycles. The summed E-state index contributed by atoms with van der Waals surface area (Å²) >= 11 is 0. The molecule has 2 aromatic carbocycles. The molecule has 4 heteroatoms. The molecule has 0 fully saturated rings. The summed E-state index contributed by atoms with van der Waals surface area (Å²) in [6.07, 6.45) is 0. The lowest BCUT2D eigenvalue weighted by Gasteiger charge is -2.10. The highest BCUT2D eigenvalue weighted by molar-refractivity contribution is 6.05. The molecule has 0 saturated carbocycles. The van der Waals surface area contributed by atoms with E-state index in [9.17, 15) is 4.79 Å². The first-order chi connectivity index (χ1) is 10.6. The number of hydrogen-bond donors (Lipinski definition) is 1. The predicted octanol–water partition coefficient (Wildman–Crippen LogP) is 4.21. The van der Waals surface area contributed by atoms with Crippen LogP contribution in [0.3, 0.4) is 0 Å². The van der Waals surface area contributed by atoms with E-state index in [1.807, 2.05) is 54.6 Å². The lowest BCUT2D eigenvalue weighted by Crippen LogP contribution is -2.13. The molecule has 3 aromatic rings. The Morgan fingerprint density at radius 3 is 2.36 bits per heavy atom. The van der Waals surface area contributed by atoms with Gasteiger partial charge in [-0.25, -0.2) is 4.98 Å². The third-order valence-electron chi connectivity index (χ3n) is 3.37. The zero-order chi connectivity index (χ0) is 15.5. The first-order valence-corrected chi connectivity index (χ1v) is 7.05. The summed E-state index contributed by atoms with van der Waals surface area (Å²) < 4.78 is 5.37. The zero-order valence-corrected chi connectivity index (χ0v) is 12.5. The number of para-hydroxylation sites is 1. The van der Waals surface area contributed by atoms with Crippen LogP contribution < -0.4 is 5.32 Å². The summed E-state index contributed by atoms with van der Waals surface area (Å²) in [6, 6.07) is 17.6. The van der Waals surface area contributed by atoms with Gasteiger partial charge < -0.3 is 9.73 Å². The molecule has 0 radical (unpaired) electrons. The molecule has 4 nitrogen and oxygen atoms in total. The zero-order valence-electron chi connectivity index (χ0n) is 12.5. The number of nitrogens with zero attached hydrogens (tertiary/aromatic N) is 1. The SMILES string of the molecule is Cc1nc(C)c(C(=O)Nc2ccccc2-c2ccccc2)o1. The number of rotatable bonds is 3. The van der Waals surface area contributed by atoms with Crippen LogP contribution in [0.1, 0.15) is 22.1 Å². The fraction of sp³-hybridized carbons (Fsp3) is 0.111. The molecule has 0 aliphatic heterocycles. The summed E-state index contributed by atoms with van der Waals surface area (Å²) in [5.41, 5.74) is 3.34. The molecule has 0 aliphatic carbocycles. The number of anilines is 1. The number of aryl methyl sites for hydroxylation is 2. The molecule has 3 rings (SSSR count). The molecule has 1 N–H and O–H groups in total. The second-order valence-electron chi connectivity index (χ2n) is 5.01. The van der Waals surface area contributed by atoms with Crippen molar-refractivity contribution in [3.05, 3.63) is 71.9 Å². The smallest absolute Gasteiger partial charge is 0.293 e. The average molecular weight is 292 g/mol. The third kappa shape index (κ3) is 2.76. The Balaban J connectivity index is 1.93. The van der Waals surface area contributed by atoms with Crippen molar-refractivity contribution in [3.8, 4) is 11.1 Å². The summed E-state index contributed by atoms with van der Waals surface area (Å²) in [5.74, 6) is 0.445. The van der Waals surface area contributed by atoms with Crippen molar-refractivity contribution in [2.75, 3.05) is 5.32 Å². The molecule has 0 atom stereocenters. The number of carbonyl (C=O) groups is 1. The molecular weight excluding hydrogens is 276 g/mol. The lowest BCUT2D eigenvalue weighted by molar-refractivity contribution is 0.0994. The van der Waals surface area contributed by atoms with E-state index in [1.54, 1.807) is 13.8 Å². The first-order valence-electron chi connectivity index (χ1n) is 7.05. The van der Waals surface area contributed by atoms with E-state index in [0.29, 0.717) is 11.6 Å². The van der Waals surface area contributed by atoms with Crippen LogP contribution >= 0.6 is 0 Å². The number of aromatic nitrogens is 1. The monoisotopic (exact) mass is 292 g/mol. The van der Waals surface area contributed by atoms with Crippen molar-refractivity contribution < 1.29 is 9.21 Å². The number of oxazole rings is 1. The highest BCUT2D eigenvalue weighted by atomic mass is 16.4. The third-order valence-corrected chi connectivity index (χ3v) is 3.37. The summed E-state index contributed by atoms with van der Waals surface area (Å²) in [4.78, 5) is 16.5. The van der Waals surface area contributed by atoms with E-state index in [-0.39, 0.29) is 11.7 Å². The van der Waals surface area contributed by atoms with Crippen molar-refractivity contribution >= 4 is 11.6 Å². The highest BCUT2D eigenvalue weighted by Gasteiger charge is 2.17. The van der Waals surface area contributed by atoms with Gasteiger partial charge in [-0.05, 0) is 18.6 Å². The number of amides is 1. The van der Waals surface area contributed by atoms with Gasteiger partial charge in [0.15, 0.2) is 5.89 Å². The second kappa shape index (κ2) is 5.85. The molecule has 1 aromatic heterocycles. The number of hydrogen-bond acceptors (Lipinski definition) is 3. The van der Waals surface area contributed by atoms with Gasteiger partial charge in [0.1, 0.15) is 0 Å². The maximum atomic E-state index is 12.4. The quantitative estimate of drug-likeness (QED) is 0.786. The molecule has 0 bridgehead atoms. The maximum absolute atomic E-state index is 12.4. The fourth-order valence-electron chi connectivity index (χ4n) is 2.38. The van der Waals surface area contributed by atoms with Gasteiger partial charge in [0.05, 0.1) is 5.69 Å². The van der Waals surface area contributed by atoms with Gasteiger partial charge in [-0.15, -0.1) is 0 Å². The van der Waals surface area contributed by atoms with Gasteiger partial charge in [0.2, 0.25) is 5.76 Å². The molecular formula is C18H16N2O2. The van der Waals surface area contributed by atoms with E-state index >= 15 is 0 Å². The van der Waals surface area contributed by atoms with Crippen LogP contribution in [0.15, 0.2) is 59.0 Å². The summed E-state index contributed by atoms with van der Waals surface area (Å²) in [6.45, 7) is 3.48.